The molecule has 0 saturated heterocycles. The van der Waals surface area contributed by atoms with Gasteiger partial charge in [0.1, 0.15) is 0 Å². The van der Waals surface area contributed by atoms with Crippen LogP contribution in [0.2, 0.25) is 0 Å². The summed E-state index contributed by atoms with van der Waals surface area (Å²) in [4.78, 5) is 13.9. The van der Waals surface area contributed by atoms with Crippen LogP contribution in [0.4, 0.5) is 5.69 Å². The molecular weight excluding hydrogens is 220 g/mol. The van der Waals surface area contributed by atoms with Crippen molar-refractivity contribution in [1.29, 1.82) is 0 Å². The minimum Gasteiger partial charge on any atom is -0.396 e. The van der Waals surface area contributed by atoms with Crippen molar-refractivity contribution < 1.29 is 9.53 Å². The van der Waals surface area contributed by atoms with Gasteiger partial charge in [-0.2, -0.15) is 5.10 Å². The second kappa shape index (κ2) is 5.67. The molecule has 1 aromatic rings. The number of amides is 1. The smallest absolute Gasteiger partial charge is 0.276 e. The molecule has 0 radical (unpaired) electrons. The van der Waals surface area contributed by atoms with Crippen molar-refractivity contribution in [2.75, 3.05) is 26.0 Å². The Kier molecular flexibility index (Phi) is 4.51. The number of hydrogen-bond donors (Lipinski definition) is 1. The van der Waals surface area contributed by atoms with E-state index in [0.717, 1.165) is 0 Å². The Morgan fingerprint density at radius 2 is 2.35 bits per heavy atom. The van der Waals surface area contributed by atoms with E-state index in [9.17, 15) is 4.79 Å². The number of rotatable bonds is 5. The summed E-state index contributed by atoms with van der Waals surface area (Å²) in [6, 6.07) is -0.00101. The van der Waals surface area contributed by atoms with Gasteiger partial charge in [0, 0.05) is 26.9 Å². The number of anilines is 1. The van der Waals surface area contributed by atoms with E-state index in [-0.39, 0.29) is 11.9 Å². The van der Waals surface area contributed by atoms with Crippen LogP contribution in [0, 0.1) is 0 Å². The lowest BCUT2D eigenvalue weighted by molar-refractivity contribution is 0.0574. The number of aromatic nitrogens is 2. The molecule has 1 unspecified atom stereocenters. The third-order valence-electron chi connectivity index (χ3n) is 2.60. The predicted octanol–water partition coefficient (Wildman–Crippen LogP) is 0.499. The van der Waals surface area contributed by atoms with Gasteiger partial charge in [0.2, 0.25) is 0 Å². The van der Waals surface area contributed by atoms with Crippen LogP contribution in [-0.4, -0.2) is 46.9 Å². The Bertz CT molecular complexity index is 389. The zero-order chi connectivity index (χ0) is 13.0. The van der Waals surface area contributed by atoms with E-state index in [1.807, 2.05) is 13.8 Å². The number of methoxy groups -OCH3 is 1. The molecule has 1 rings (SSSR count). The Balaban J connectivity index is 2.89. The molecule has 0 aliphatic rings. The van der Waals surface area contributed by atoms with Crippen LogP contribution in [0.5, 0.6) is 0 Å². The van der Waals surface area contributed by atoms with Gasteiger partial charge in [-0.15, -0.1) is 0 Å². The maximum absolute atomic E-state index is 12.2. The molecule has 96 valence electrons. The highest BCUT2D eigenvalue weighted by Gasteiger charge is 2.23. The molecule has 1 amide bonds. The lowest BCUT2D eigenvalue weighted by Gasteiger charge is -2.26. The fourth-order valence-corrected chi connectivity index (χ4v) is 1.80. The number of nitrogen functional groups attached to an aromatic ring is 1. The zero-order valence-electron chi connectivity index (χ0n) is 10.8. The molecule has 0 aliphatic heterocycles. The van der Waals surface area contributed by atoms with Gasteiger partial charge in [-0.3, -0.25) is 9.48 Å². The van der Waals surface area contributed by atoms with Crippen molar-refractivity contribution in [3.63, 3.8) is 0 Å². The molecule has 1 heterocycles. The lowest BCUT2D eigenvalue weighted by Crippen LogP contribution is -2.41. The van der Waals surface area contributed by atoms with Gasteiger partial charge < -0.3 is 15.4 Å². The third-order valence-corrected chi connectivity index (χ3v) is 2.60. The van der Waals surface area contributed by atoms with Crippen molar-refractivity contribution >= 4 is 11.6 Å². The maximum Gasteiger partial charge on any atom is 0.276 e. The summed E-state index contributed by atoms with van der Waals surface area (Å²) in [5.74, 6) is -0.157. The van der Waals surface area contributed by atoms with Crippen molar-refractivity contribution in [2.45, 2.75) is 19.9 Å². The Labute approximate surface area is 101 Å². The van der Waals surface area contributed by atoms with Crippen LogP contribution in [0.3, 0.4) is 0 Å². The molecule has 0 bridgehead atoms. The summed E-state index contributed by atoms with van der Waals surface area (Å²) in [5.41, 5.74) is 6.45. The lowest BCUT2D eigenvalue weighted by atomic mass is 10.2. The van der Waals surface area contributed by atoms with Crippen molar-refractivity contribution in [1.82, 2.24) is 14.7 Å². The van der Waals surface area contributed by atoms with E-state index >= 15 is 0 Å². The summed E-state index contributed by atoms with van der Waals surface area (Å²) in [7, 11) is 3.35. The maximum atomic E-state index is 12.2. The molecular formula is C11H20N4O2. The van der Waals surface area contributed by atoms with Gasteiger partial charge in [-0.1, -0.05) is 0 Å². The van der Waals surface area contributed by atoms with Gasteiger partial charge in [0.15, 0.2) is 5.69 Å². The van der Waals surface area contributed by atoms with Crippen molar-refractivity contribution in [2.24, 2.45) is 7.05 Å². The first-order chi connectivity index (χ1) is 8.01. The summed E-state index contributed by atoms with van der Waals surface area (Å²) < 4.78 is 6.60. The van der Waals surface area contributed by atoms with E-state index in [1.54, 1.807) is 25.3 Å². The van der Waals surface area contributed by atoms with E-state index in [2.05, 4.69) is 5.10 Å². The minimum atomic E-state index is -0.157. The van der Waals surface area contributed by atoms with Gasteiger partial charge in [0.25, 0.3) is 5.91 Å². The number of hydrogen-bond acceptors (Lipinski definition) is 4. The van der Waals surface area contributed by atoms with Crippen molar-refractivity contribution in [3.05, 3.63) is 11.9 Å². The highest BCUT2D eigenvalue weighted by atomic mass is 16.5. The number of aryl methyl sites for hydroxylation is 1. The Morgan fingerprint density at radius 1 is 1.71 bits per heavy atom. The number of carbonyl (C=O) groups is 1. The number of likely N-dealkylation sites (N-methyl/N-ethyl adjacent to an activating group) is 1. The van der Waals surface area contributed by atoms with Gasteiger partial charge in [-0.25, -0.2) is 0 Å². The highest BCUT2D eigenvalue weighted by molar-refractivity contribution is 5.97. The minimum absolute atomic E-state index is 0.00101. The molecule has 0 saturated carbocycles. The molecule has 1 atom stereocenters. The fraction of sp³-hybridized carbons (Fsp3) is 0.636. The molecule has 6 heteroatoms. The van der Waals surface area contributed by atoms with Gasteiger partial charge >= 0.3 is 0 Å². The van der Waals surface area contributed by atoms with Crippen LogP contribution in [-0.2, 0) is 11.8 Å². The van der Waals surface area contributed by atoms with Crippen molar-refractivity contribution in [3.8, 4) is 0 Å². The molecule has 0 fully saturated rings. The molecule has 1 aromatic heterocycles. The fourth-order valence-electron chi connectivity index (χ4n) is 1.80. The second-order valence-corrected chi connectivity index (χ2v) is 4.00. The number of nitrogens with two attached hydrogens (primary N) is 1. The van der Waals surface area contributed by atoms with E-state index in [1.165, 1.54) is 4.68 Å². The van der Waals surface area contributed by atoms with Crippen LogP contribution < -0.4 is 5.73 Å². The largest absolute Gasteiger partial charge is 0.396 e. The van der Waals surface area contributed by atoms with Gasteiger partial charge in [0.05, 0.1) is 18.3 Å². The van der Waals surface area contributed by atoms with Crippen LogP contribution >= 0.6 is 0 Å². The summed E-state index contributed by atoms with van der Waals surface area (Å²) in [6.45, 7) is 4.94. The number of nitrogens with zero attached hydrogens (tertiary/aromatic N) is 3. The standard InChI is InChI=1S/C11H20N4O2/c1-5-15(8(2)7-17-4)11(16)10-9(12)6-14(3)13-10/h6,8H,5,7,12H2,1-4H3. The van der Waals surface area contributed by atoms with E-state index in [4.69, 9.17) is 10.5 Å². The zero-order valence-corrected chi connectivity index (χ0v) is 10.8. The molecule has 0 aliphatic carbocycles. The molecule has 0 aromatic carbocycles. The normalized spacial score (nSPS) is 12.5. The van der Waals surface area contributed by atoms with E-state index < -0.39 is 0 Å². The summed E-state index contributed by atoms with van der Waals surface area (Å²) in [6.07, 6.45) is 1.63. The SMILES string of the molecule is CCN(C(=O)c1nn(C)cc1N)C(C)COC. The molecule has 2 N–H and O–H groups in total. The quantitative estimate of drug-likeness (QED) is 0.813. The average molecular weight is 240 g/mol. The first kappa shape index (κ1) is 13.5. The number of carbonyl (C=O) groups excluding carboxylic acids is 1. The topological polar surface area (TPSA) is 73.4 Å². The van der Waals surface area contributed by atoms with Gasteiger partial charge in [-0.05, 0) is 13.8 Å². The summed E-state index contributed by atoms with van der Waals surface area (Å²) >= 11 is 0. The van der Waals surface area contributed by atoms with Crippen LogP contribution in [0.1, 0.15) is 24.3 Å². The van der Waals surface area contributed by atoms with E-state index in [0.29, 0.717) is 24.5 Å². The molecule has 17 heavy (non-hydrogen) atoms. The third kappa shape index (κ3) is 2.97. The van der Waals surface area contributed by atoms with Crippen LogP contribution in [0.15, 0.2) is 6.20 Å². The Hall–Kier alpha value is -1.56. The highest BCUT2D eigenvalue weighted by Crippen LogP contribution is 2.13. The molecule has 6 nitrogen and oxygen atoms in total. The first-order valence-corrected chi connectivity index (χ1v) is 5.60. The monoisotopic (exact) mass is 240 g/mol. The molecule has 0 spiro atoms. The summed E-state index contributed by atoms with van der Waals surface area (Å²) in [5, 5.41) is 4.08. The second-order valence-electron chi connectivity index (χ2n) is 4.00. The first-order valence-electron chi connectivity index (χ1n) is 5.60. The average Bonchev–Trinajstić information content (AvgIpc) is 2.59. The number of ether oxygens (including phenoxy) is 1. The Morgan fingerprint density at radius 3 is 2.76 bits per heavy atom. The predicted molar refractivity (Wildman–Crippen MR) is 65.7 cm³/mol. The van der Waals surface area contributed by atoms with Crippen LogP contribution in [0.25, 0.3) is 0 Å².